The first kappa shape index (κ1) is 46.6. The lowest BCUT2D eigenvalue weighted by atomic mass is 9.99. The third-order valence-corrected chi connectivity index (χ3v) is 12.9. The Morgan fingerprint density at radius 1 is 0.714 bits per heavy atom. The Morgan fingerprint density at radius 3 is 1.46 bits per heavy atom. The molecule has 0 bridgehead atoms. The molecule has 4 N–H and O–H groups in total. The van der Waals surface area contributed by atoms with Gasteiger partial charge in [0.2, 0.25) is 10.0 Å². The number of nitrogens with zero attached hydrogens (tertiary/aromatic N) is 2. The summed E-state index contributed by atoms with van der Waals surface area (Å²) in [6, 6.07) is 4.82. The summed E-state index contributed by atoms with van der Waals surface area (Å²) in [5, 5.41) is 8.58. The van der Waals surface area contributed by atoms with Crippen molar-refractivity contribution in [2.24, 2.45) is 5.92 Å². The second-order valence-electron chi connectivity index (χ2n) is 16.2. The summed E-state index contributed by atoms with van der Waals surface area (Å²) in [5.74, 6) is -0.134. The molecular formula is C43H76N6O6S. The average Bonchev–Trinajstić information content (AvgIpc) is 3.98. The lowest BCUT2D eigenvalue weighted by Crippen LogP contribution is -2.40. The van der Waals surface area contributed by atoms with Gasteiger partial charge in [-0.1, -0.05) is 19.1 Å². The van der Waals surface area contributed by atoms with E-state index in [-0.39, 0.29) is 23.4 Å². The van der Waals surface area contributed by atoms with Gasteiger partial charge in [0.05, 0.1) is 5.75 Å². The number of fused-ring (bicyclic) bond motifs is 4. The summed E-state index contributed by atoms with van der Waals surface area (Å²) < 4.78 is 27.2. The zero-order chi connectivity index (χ0) is 41.6. The standard InChI is InChI=1S/C21H33N3O3S.C14H18N2O.C7H15NO.CH2O.4H2/c1-14(2)24(4)12-15(3)13-28(26,27)23-21(25)22-20-18-9-5-7-16(18)11-17-8-6-10-19(17)20;1-15-14(17)16-13-11-6-2-4-9(11)8-10-5-3-7-12(10)13;1-7(2)8(3)5-4-6-9;1-2;;;;/h11,14-15H,5-10,12-13H2,1-4H3,(H2,22,23,25);8H,2-7H2,1H3,(H2,15,16,17);6-7H,4-5H2,1-3H3;1H2;4*1H. The topological polar surface area (TPSA) is 157 Å². The Morgan fingerprint density at radius 2 is 1.11 bits per heavy atom. The number of rotatable bonds is 12. The van der Waals surface area contributed by atoms with E-state index in [1.807, 2.05) is 27.8 Å². The highest BCUT2D eigenvalue weighted by Gasteiger charge is 2.27. The summed E-state index contributed by atoms with van der Waals surface area (Å²) in [5.41, 5.74) is 12.7. The quantitative estimate of drug-likeness (QED) is 0.164. The van der Waals surface area contributed by atoms with Crippen molar-refractivity contribution in [1.29, 1.82) is 0 Å². The second-order valence-corrected chi connectivity index (χ2v) is 17.9. The molecule has 320 valence electrons. The van der Waals surface area contributed by atoms with Crippen molar-refractivity contribution >= 4 is 46.5 Å². The molecule has 0 radical (unpaired) electrons. The van der Waals surface area contributed by atoms with Crippen molar-refractivity contribution in [2.75, 3.05) is 50.6 Å². The van der Waals surface area contributed by atoms with Crippen molar-refractivity contribution < 1.29 is 33.3 Å². The minimum absolute atomic E-state index is 0. The van der Waals surface area contributed by atoms with Crippen LogP contribution in [0.2, 0.25) is 0 Å². The lowest BCUT2D eigenvalue weighted by molar-refractivity contribution is -0.108. The number of amides is 4. The largest absolute Gasteiger partial charge is 0.341 e. The molecule has 4 aliphatic carbocycles. The molecule has 0 aliphatic heterocycles. The van der Waals surface area contributed by atoms with Gasteiger partial charge in [0, 0.05) is 55.7 Å². The molecule has 2 aromatic rings. The molecule has 12 nitrogen and oxygen atoms in total. The minimum atomic E-state index is -3.69. The van der Waals surface area contributed by atoms with Gasteiger partial charge in [-0.25, -0.2) is 22.7 Å². The van der Waals surface area contributed by atoms with Crippen molar-refractivity contribution in [3.05, 3.63) is 56.6 Å². The Hall–Kier alpha value is -3.81. The van der Waals surface area contributed by atoms with Crippen molar-refractivity contribution in [3.63, 3.8) is 0 Å². The number of anilines is 2. The molecule has 4 aliphatic rings. The Labute approximate surface area is 342 Å². The molecule has 1 unspecified atom stereocenters. The molecule has 56 heavy (non-hydrogen) atoms. The molecule has 0 saturated carbocycles. The van der Waals surface area contributed by atoms with Crippen LogP contribution in [-0.2, 0) is 71.0 Å². The zero-order valence-corrected chi connectivity index (χ0v) is 36.1. The van der Waals surface area contributed by atoms with Gasteiger partial charge in [-0.2, -0.15) is 0 Å². The van der Waals surface area contributed by atoms with E-state index in [1.165, 1.54) is 70.2 Å². The Balaban J connectivity index is 0. The van der Waals surface area contributed by atoms with E-state index < -0.39 is 16.1 Å². The van der Waals surface area contributed by atoms with E-state index >= 15 is 0 Å². The number of hydrogen-bond donors (Lipinski definition) is 4. The summed E-state index contributed by atoms with van der Waals surface area (Å²) in [7, 11) is 1.98. The van der Waals surface area contributed by atoms with Gasteiger partial charge < -0.3 is 35.3 Å². The molecule has 0 spiro atoms. The van der Waals surface area contributed by atoms with Crippen LogP contribution in [0.3, 0.4) is 0 Å². The number of nitrogens with one attached hydrogen (secondary N) is 4. The van der Waals surface area contributed by atoms with Gasteiger partial charge in [-0.15, -0.1) is 0 Å². The number of carbonyl (C=O) groups is 4. The molecule has 0 saturated heterocycles. The molecule has 4 amide bonds. The van der Waals surface area contributed by atoms with Crippen LogP contribution in [0.1, 0.15) is 117 Å². The SMILES string of the molecule is C=O.CC(C)N(C)CCC=O.CC(CN(C)C(C)C)CS(=O)(=O)NC(=O)Nc1c2c(cc3c1CCC3)CCC2.CNC(=O)Nc1c2c(cc3c1CCC3)CCC2.[HH].[HH].[HH].[HH]. The first-order chi connectivity index (χ1) is 26.6. The predicted octanol–water partition coefficient (Wildman–Crippen LogP) is 7.22. The van der Waals surface area contributed by atoms with Gasteiger partial charge >= 0.3 is 12.1 Å². The fourth-order valence-electron chi connectivity index (χ4n) is 8.08. The molecule has 0 aromatic heterocycles. The smallest absolute Gasteiger partial charge is 0.332 e. The van der Waals surface area contributed by atoms with E-state index in [2.05, 4.69) is 70.3 Å². The maximum absolute atomic E-state index is 12.5. The van der Waals surface area contributed by atoms with Crippen LogP contribution in [-0.4, -0.2) is 95.4 Å². The maximum Gasteiger partial charge on any atom is 0.332 e. The third-order valence-electron chi connectivity index (χ3n) is 11.4. The third kappa shape index (κ3) is 13.1. The molecule has 6 rings (SSSR count). The highest BCUT2D eigenvalue weighted by molar-refractivity contribution is 7.90. The number of carbonyl (C=O) groups excluding carboxylic acids is 4. The van der Waals surface area contributed by atoms with Crippen LogP contribution in [0.15, 0.2) is 12.1 Å². The number of hydrogen-bond acceptors (Lipinski definition) is 8. The maximum atomic E-state index is 12.5. The van der Waals surface area contributed by atoms with Crippen LogP contribution >= 0.6 is 0 Å². The Kier molecular flexibility index (Phi) is 18.5. The zero-order valence-electron chi connectivity index (χ0n) is 35.2. The minimum Gasteiger partial charge on any atom is -0.341 e. The fraction of sp³-hybridized carbons (Fsp3) is 0.628. The van der Waals surface area contributed by atoms with Crippen LogP contribution < -0.4 is 20.7 Å². The van der Waals surface area contributed by atoms with Crippen molar-refractivity contribution in [2.45, 2.75) is 130 Å². The van der Waals surface area contributed by atoms with Crippen LogP contribution in [0.4, 0.5) is 21.0 Å². The highest BCUT2D eigenvalue weighted by atomic mass is 32.2. The first-order valence-electron chi connectivity index (χ1n) is 20.4. The number of benzene rings is 2. The number of aldehydes is 1. The van der Waals surface area contributed by atoms with Gasteiger partial charge in [0.25, 0.3) is 0 Å². The fourth-order valence-corrected chi connectivity index (χ4v) is 9.35. The summed E-state index contributed by atoms with van der Waals surface area (Å²) in [4.78, 5) is 46.2. The van der Waals surface area contributed by atoms with Crippen LogP contribution in [0.5, 0.6) is 0 Å². The van der Waals surface area contributed by atoms with Crippen LogP contribution in [0.25, 0.3) is 0 Å². The van der Waals surface area contributed by atoms with E-state index in [9.17, 15) is 22.8 Å². The molecule has 1 atom stereocenters. The summed E-state index contributed by atoms with van der Waals surface area (Å²) >= 11 is 0. The van der Waals surface area contributed by atoms with E-state index in [0.29, 0.717) is 25.0 Å². The first-order valence-corrected chi connectivity index (χ1v) is 22.0. The van der Waals surface area contributed by atoms with Crippen molar-refractivity contribution in [3.8, 4) is 0 Å². The number of urea groups is 2. The molecule has 0 fully saturated rings. The normalized spacial score (nSPS) is 15.3. The summed E-state index contributed by atoms with van der Waals surface area (Å²) in [6.45, 7) is 13.8. The number of aryl methyl sites for hydroxylation is 4. The van der Waals surface area contributed by atoms with Gasteiger partial charge in [0.1, 0.15) is 13.1 Å². The molecular weight excluding hydrogens is 729 g/mol. The highest BCUT2D eigenvalue weighted by Crippen LogP contribution is 2.39. The van der Waals surface area contributed by atoms with Gasteiger partial charge in [-0.05, 0) is 169 Å². The number of sulfonamides is 1. The average molecular weight is 805 g/mol. The molecule has 0 heterocycles. The molecule has 2 aromatic carbocycles. The monoisotopic (exact) mass is 805 g/mol. The van der Waals surface area contributed by atoms with E-state index in [4.69, 9.17) is 4.79 Å². The lowest BCUT2D eigenvalue weighted by Gasteiger charge is -2.24. The van der Waals surface area contributed by atoms with Crippen LogP contribution in [0, 0.1) is 5.92 Å². The second kappa shape index (κ2) is 22.2. The predicted molar refractivity (Wildman–Crippen MR) is 236 cm³/mol. The van der Waals surface area contributed by atoms with E-state index in [1.54, 1.807) is 7.05 Å². The van der Waals surface area contributed by atoms with Gasteiger partial charge in [0.15, 0.2) is 0 Å². The Bertz CT molecular complexity index is 1720. The van der Waals surface area contributed by atoms with Gasteiger partial charge in [-0.3, -0.25) is 0 Å². The summed E-state index contributed by atoms with van der Waals surface area (Å²) in [6.07, 6.45) is 14.8. The molecule has 13 heteroatoms. The van der Waals surface area contributed by atoms with Crippen molar-refractivity contribution in [1.82, 2.24) is 19.8 Å². The van der Waals surface area contributed by atoms with E-state index in [0.717, 1.165) is 75.6 Å².